The fraction of sp³-hybridized carbons (Fsp3) is 0.483. The van der Waals surface area contributed by atoms with Crippen molar-refractivity contribution in [3.8, 4) is 11.1 Å². The maximum atomic E-state index is 10.2. The van der Waals surface area contributed by atoms with E-state index >= 15 is 0 Å². The van der Waals surface area contributed by atoms with Crippen LogP contribution in [0.4, 0.5) is 0 Å². The molecular formula is C29H39Cl2N3O. The number of carbonyl (C=O) groups excluding carboxylic acids is 1. The molecule has 1 aliphatic carbocycles. The second kappa shape index (κ2) is 15.1. The van der Waals surface area contributed by atoms with Crippen LogP contribution in [0, 0.1) is 18.8 Å². The van der Waals surface area contributed by atoms with E-state index in [9.17, 15) is 4.79 Å². The Morgan fingerprint density at radius 1 is 1.14 bits per heavy atom. The molecule has 35 heavy (non-hydrogen) atoms. The summed E-state index contributed by atoms with van der Waals surface area (Å²) < 4.78 is 0. The van der Waals surface area contributed by atoms with Crippen molar-refractivity contribution in [3.05, 3.63) is 69.7 Å². The van der Waals surface area contributed by atoms with Gasteiger partial charge in [-0.3, -0.25) is 10.1 Å². The molecule has 4 rings (SSSR count). The number of carbonyl (C=O) groups is 1. The molecule has 2 aromatic heterocycles. The van der Waals surface area contributed by atoms with Crippen LogP contribution in [0.25, 0.3) is 11.1 Å². The smallest absolute Gasteiger partial charge is 0.129 e. The van der Waals surface area contributed by atoms with E-state index in [4.69, 9.17) is 23.2 Å². The monoisotopic (exact) mass is 515 g/mol. The van der Waals surface area contributed by atoms with Gasteiger partial charge in [0.2, 0.25) is 0 Å². The summed E-state index contributed by atoms with van der Waals surface area (Å²) in [4.78, 5) is 14.2. The van der Waals surface area contributed by atoms with Crippen LogP contribution in [0.5, 0.6) is 0 Å². The largest absolute Gasteiger partial charge is 0.300 e. The van der Waals surface area contributed by atoms with Gasteiger partial charge in [0.25, 0.3) is 0 Å². The first-order chi connectivity index (χ1) is 16.8. The van der Waals surface area contributed by atoms with Gasteiger partial charge in [0.1, 0.15) is 5.78 Å². The van der Waals surface area contributed by atoms with E-state index in [2.05, 4.69) is 36.0 Å². The van der Waals surface area contributed by atoms with E-state index in [0.29, 0.717) is 15.8 Å². The van der Waals surface area contributed by atoms with Crippen molar-refractivity contribution in [3.63, 3.8) is 0 Å². The number of pyridine rings is 1. The molecule has 0 bridgehead atoms. The van der Waals surface area contributed by atoms with E-state index in [0.717, 1.165) is 47.8 Å². The number of rotatable bonds is 6. The van der Waals surface area contributed by atoms with Crippen LogP contribution in [-0.4, -0.2) is 21.0 Å². The molecule has 0 amide bonds. The van der Waals surface area contributed by atoms with Gasteiger partial charge >= 0.3 is 0 Å². The molecule has 0 spiro atoms. The summed E-state index contributed by atoms with van der Waals surface area (Å²) in [6, 6.07) is 7.69. The maximum Gasteiger partial charge on any atom is 0.129 e. The lowest BCUT2D eigenvalue weighted by atomic mass is 9.79. The third kappa shape index (κ3) is 9.42. The Labute approximate surface area is 220 Å². The summed E-state index contributed by atoms with van der Waals surface area (Å²) in [6.45, 7) is 10.3. The minimum absolute atomic E-state index is 0.307. The van der Waals surface area contributed by atoms with E-state index < -0.39 is 0 Å². The van der Waals surface area contributed by atoms with Crippen molar-refractivity contribution in [2.45, 2.75) is 79.6 Å². The first kappa shape index (κ1) is 29.1. The van der Waals surface area contributed by atoms with Gasteiger partial charge in [-0.05, 0) is 97.9 Å². The number of aromatic amines is 1. The van der Waals surface area contributed by atoms with Gasteiger partial charge in [0.15, 0.2) is 0 Å². The van der Waals surface area contributed by atoms with E-state index in [1.54, 1.807) is 19.3 Å². The van der Waals surface area contributed by atoms with E-state index in [1.165, 1.54) is 36.9 Å². The van der Waals surface area contributed by atoms with E-state index in [1.807, 2.05) is 37.4 Å². The minimum atomic E-state index is 0.307. The van der Waals surface area contributed by atoms with E-state index in [-0.39, 0.29) is 0 Å². The number of nitrogens with one attached hydrogen (secondary N) is 1. The molecule has 2 unspecified atom stereocenters. The topological polar surface area (TPSA) is 58.6 Å². The molecule has 6 heteroatoms. The summed E-state index contributed by atoms with van der Waals surface area (Å²) >= 11 is 12.1. The first-order valence-corrected chi connectivity index (χ1v) is 13.4. The predicted molar refractivity (Wildman–Crippen MR) is 148 cm³/mol. The third-order valence-corrected chi connectivity index (χ3v) is 7.47. The fourth-order valence-corrected chi connectivity index (χ4v) is 4.53. The molecule has 0 saturated carbocycles. The second-order valence-electron chi connectivity index (χ2n) is 9.37. The standard InChI is InChI=1S/C12H9Cl2N.C11H18N2.C6H12O/c1-8-11(13)6-10(7-12(8)14)9-2-4-15-5-3-9;1-3-8(2)9-4-5-11-10(6-9)7-12-13-11;1-3-4-5-6(2)7/h2-7H,1H3;7-9H,3-6H2,1-2H3,(H,12,13);3-5H2,1-2H3. The average molecular weight is 517 g/mol. The summed E-state index contributed by atoms with van der Waals surface area (Å²) in [5.41, 5.74) is 5.82. The molecule has 0 fully saturated rings. The summed E-state index contributed by atoms with van der Waals surface area (Å²) in [5.74, 6) is 2.06. The van der Waals surface area contributed by atoms with Crippen LogP contribution in [-0.2, 0) is 17.6 Å². The number of benzene rings is 1. The molecule has 2 atom stereocenters. The summed E-state index contributed by atoms with van der Waals surface area (Å²) in [7, 11) is 0. The third-order valence-electron chi connectivity index (χ3n) is 6.68. The molecule has 190 valence electrons. The average Bonchev–Trinajstić information content (AvgIpc) is 3.34. The number of unbranched alkanes of at least 4 members (excludes halogenated alkanes) is 1. The van der Waals surface area contributed by atoms with Crippen molar-refractivity contribution < 1.29 is 4.79 Å². The van der Waals surface area contributed by atoms with Crippen molar-refractivity contribution in [2.24, 2.45) is 11.8 Å². The number of halogens is 2. The normalized spacial score (nSPS) is 15.1. The quantitative estimate of drug-likeness (QED) is 0.357. The Morgan fingerprint density at radius 2 is 1.80 bits per heavy atom. The molecule has 0 radical (unpaired) electrons. The van der Waals surface area contributed by atoms with Crippen LogP contribution in [0.15, 0.2) is 42.9 Å². The zero-order valence-corrected chi connectivity index (χ0v) is 23.2. The van der Waals surface area contributed by atoms with Crippen LogP contribution in [0.1, 0.15) is 76.6 Å². The van der Waals surface area contributed by atoms with Gasteiger partial charge in [0.05, 0.1) is 6.20 Å². The molecule has 1 aromatic carbocycles. The van der Waals surface area contributed by atoms with Gasteiger partial charge in [-0.2, -0.15) is 5.10 Å². The molecule has 0 saturated heterocycles. The Balaban J connectivity index is 0.000000198. The highest BCUT2D eigenvalue weighted by atomic mass is 35.5. The molecule has 3 aromatic rings. The predicted octanol–water partition coefficient (Wildman–Crippen LogP) is 8.69. The Kier molecular flexibility index (Phi) is 12.5. The molecule has 2 heterocycles. The molecule has 1 N–H and O–H groups in total. The van der Waals surface area contributed by atoms with Gasteiger partial charge < -0.3 is 4.79 Å². The lowest BCUT2D eigenvalue weighted by molar-refractivity contribution is -0.117. The van der Waals surface area contributed by atoms with Gasteiger partial charge in [-0.25, -0.2) is 0 Å². The summed E-state index contributed by atoms with van der Waals surface area (Å²) in [5, 5.41) is 8.56. The Bertz CT molecular complexity index is 1030. The molecule has 4 nitrogen and oxygen atoms in total. The van der Waals surface area contributed by atoms with Crippen molar-refractivity contribution in [1.82, 2.24) is 15.2 Å². The molecule has 0 aliphatic heterocycles. The zero-order chi connectivity index (χ0) is 25.8. The van der Waals surface area contributed by atoms with Crippen LogP contribution in [0.3, 0.4) is 0 Å². The number of aryl methyl sites for hydroxylation is 1. The number of nitrogens with zero attached hydrogens (tertiary/aromatic N) is 2. The van der Waals surface area contributed by atoms with Crippen LogP contribution in [0.2, 0.25) is 10.0 Å². The van der Waals surface area contributed by atoms with Gasteiger partial charge in [-0.1, -0.05) is 56.8 Å². The highest BCUT2D eigenvalue weighted by Gasteiger charge is 2.23. The second-order valence-corrected chi connectivity index (χ2v) is 10.2. The van der Waals surface area contributed by atoms with Crippen molar-refractivity contribution >= 4 is 29.0 Å². The van der Waals surface area contributed by atoms with Gasteiger partial charge in [0, 0.05) is 34.6 Å². The van der Waals surface area contributed by atoms with Gasteiger partial charge in [-0.15, -0.1) is 0 Å². The SMILES string of the molecule is CCC(C)C1CCc2[nH]ncc2C1.CCCCC(C)=O.Cc1c(Cl)cc(-c2ccncc2)cc1Cl. The first-order valence-electron chi connectivity index (χ1n) is 12.6. The highest BCUT2D eigenvalue weighted by molar-refractivity contribution is 6.36. The number of fused-ring (bicyclic) bond motifs is 1. The molecular weight excluding hydrogens is 477 g/mol. The number of ketones is 1. The lowest BCUT2D eigenvalue weighted by Crippen LogP contribution is -2.19. The van der Waals surface area contributed by atoms with Crippen molar-refractivity contribution in [1.29, 1.82) is 0 Å². The number of Topliss-reactive ketones (excluding diaryl/α,β-unsaturated/α-hetero) is 1. The summed E-state index contributed by atoms with van der Waals surface area (Å²) in [6.07, 6.45) is 13.5. The van der Waals surface area contributed by atoms with Crippen LogP contribution < -0.4 is 0 Å². The number of aromatic nitrogens is 3. The molecule has 1 aliphatic rings. The fourth-order valence-electron chi connectivity index (χ4n) is 4.05. The van der Waals surface area contributed by atoms with Crippen molar-refractivity contribution in [2.75, 3.05) is 0 Å². The highest BCUT2D eigenvalue weighted by Crippen LogP contribution is 2.31. The Hall–Kier alpha value is -2.17. The number of hydrogen-bond donors (Lipinski definition) is 1. The van der Waals surface area contributed by atoms with Crippen LogP contribution >= 0.6 is 23.2 Å². The zero-order valence-electron chi connectivity index (χ0n) is 21.7. The lowest BCUT2D eigenvalue weighted by Gasteiger charge is -2.26. The number of hydrogen-bond acceptors (Lipinski definition) is 3. The maximum absolute atomic E-state index is 10.2. The Morgan fingerprint density at radius 3 is 2.34 bits per heavy atom. The minimum Gasteiger partial charge on any atom is -0.300 e. The number of H-pyrrole nitrogens is 1.